The molecular weight excluding hydrogens is 490 g/mol. The Labute approximate surface area is 211 Å². The first-order valence-electron chi connectivity index (χ1n) is 10.7. The minimum absolute atomic E-state index is 0. The number of likely N-dealkylation sites (N-methyl/N-ethyl adjacent to an activating group) is 1. The number of fused-ring (bicyclic) bond motifs is 3. The number of anilines is 1. The molecule has 34 heavy (non-hydrogen) atoms. The number of thiophene rings is 1. The van der Waals surface area contributed by atoms with Crippen LogP contribution in [0.5, 0.6) is 11.5 Å². The lowest BCUT2D eigenvalue weighted by molar-refractivity contribution is -0.111. The Morgan fingerprint density at radius 1 is 1.15 bits per heavy atom. The largest absolute Gasteiger partial charge is 0.454 e. The Bertz CT molecular complexity index is 1380. The van der Waals surface area contributed by atoms with Gasteiger partial charge in [0, 0.05) is 29.6 Å². The molecule has 1 N–H and O–H groups in total. The highest BCUT2D eigenvalue weighted by atomic mass is 35.5. The third-order valence-electron chi connectivity index (χ3n) is 5.82. The van der Waals surface area contributed by atoms with Crippen LogP contribution in [0.4, 0.5) is 5.00 Å². The van der Waals surface area contributed by atoms with Crippen molar-refractivity contribution in [3.05, 3.63) is 64.5 Å². The molecular formula is C25H22ClN3O3S2. The lowest BCUT2D eigenvalue weighted by Crippen LogP contribution is -2.25. The molecule has 0 atom stereocenters. The van der Waals surface area contributed by atoms with E-state index in [-0.39, 0.29) is 25.1 Å². The number of carbonyl (C=O) groups is 1. The van der Waals surface area contributed by atoms with Gasteiger partial charge in [-0.2, -0.15) is 0 Å². The van der Waals surface area contributed by atoms with E-state index in [1.807, 2.05) is 36.4 Å². The summed E-state index contributed by atoms with van der Waals surface area (Å²) in [7, 11) is 2.13. The number of ether oxygens (including phenoxy) is 2. The van der Waals surface area contributed by atoms with Gasteiger partial charge in [-0.3, -0.25) is 4.79 Å². The van der Waals surface area contributed by atoms with E-state index in [0.717, 1.165) is 56.6 Å². The Hall–Kier alpha value is -2.91. The third kappa shape index (κ3) is 4.30. The first kappa shape index (κ1) is 22.9. The summed E-state index contributed by atoms with van der Waals surface area (Å²) in [5.41, 5.74) is 4.26. The van der Waals surface area contributed by atoms with Gasteiger partial charge in [-0.1, -0.05) is 18.2 Å². The number of nitrogens with one attached hydrogen (secondary N) is 1. The normalized spacial score (nSPS) is 14.9. The van der Waals surface area contributed by atoms with Crippen LogP contribution in [-0.2, 0) is 17.8 Å². The Morgan fingerprint density at radius 3 is 2.88 bits per heavy atom. The molecule has 4 heterocycles. The number of hydrogen-bond acceptors (Lipinski definition) is 7. The zero-order chi connectivity index (χ0) is 22.4. The van der Waals surface area contributed by atoms with Crippen molar-refractivity contribution in [2.24, 2.45) is 0 Å². The maximum atomic E-state index is 12.9. The number of hydrogen-bond donors (Lipinski definition) is 1. The number of halogens is 1. The second-order valence-electron chi connectivity index (χ2n) is 8.12. The number of carbonyl (C=O) groups excluding carboxylic acids is 1. The van der Waals surface area contributed by atoms with E-state index in [1.165, 1.54) is 10.4 Å². The third-order valence-corrected chi connectivity index (χ3v) is 8.00. The van der Waals surface area contributed by atoms with Crippen molar-refractivity contribution in [3.8, 4) is 22.1 Å². The molecule has 1 amide bonds. The van der Waals surface area contributed by atoms with Crippen LogP contribution in [0.3, 0.4) is 0 Å². The second-order valence-corrected chi connectivity index (χ2v) is 10.3. The summed E-state index contributed by atoms with van der Waals surface area (Å²) >= 11 is 3.34. The van der Waals surface area contributed by atoms with E-state index < -0.39 is 0 Å². The SMILES string of the molecule is CN1CCc2c(sc(NC(=O)/C=C/c3ccc4c(c3)OCO4)c2-c2nc3ccccc3s2)C1.Cl. The maximum Gasteiger partial charge on any atom is 0.249 e. The quantitative estimate of drug-likeness (QED) is 0.350. The van der Waals surface area contributed by atoms with Gasteiger partial charge in [0.2, 0.25) is 12.7 Å². The Balaban J connectivity index is 0.00000241. The first-order chi connectivity index (χ1) is 16.1. The molecule has 9 heteroatoms. The molecule has 0 saturated heterocycles. The molecule has 6 nitrogen and oxygen atoms in total. The van der Waals surface area contributed by atoms with Crippen molar-refractivity contribution in [2.75, 3.05) is 25.7 Å². The van der Waals surface area contributed by atoms with Crippen LogP contribution in [-0.4, -0.2) is 36.2 Å². The number of thiazole rings is 1. The van der Waals surface area contributed by atoms with Crippen molar-refractivity contribution in [1.82, 2.24) is 9.88 Å². The summed E-state index contributed by atoms with van der Waals surface area (Å²) in [5.74, 6) is 1.26. The van der Waals surface area contributed by atoms with Gasteiger partial charge in [0.15, 0.2) is 11.5 Å². The van der Waals surface area contributed by atoms with Crippen LogP contribution in [0.25, 0.3) is 26.9 Å². The fourth-order valence-corrected chi connectivity index (χ4v) is 6.61. The van der Waals surface area contributed by atoms with Gasteiger partial charge in [0.05, 0.1) is 10.2 Å². The predicted octanol–water partition coefficient (Wildman–Crippen LogP) is 5.82. The van der Waals surface area contributed by atoms with E-state index in [0.29, 0.717) is 5.75 Å². The smallest absolute Gasteiger partial charge is 0.249 e. The second kappa shape index (κ2) is 9.38. The molecule has 0 radical (unpaired) electrons. The van der Waals surface area contributed by atoms with E-state index in [4.69, 9.17) is 14.5 Å². The molecule has 2 aromatic heterocycles. The monoisotopic (exact) mass is 511 g/mol. The standard InChI is InChI=1S/C25H21N3O3S2.ClH/c1-28-11-10-16-21(13-28)33-25(23(16)24-26-17-4-2-3-5-20(17)32-24)27-22(29)9-7-15-6-8-18-19(12-15)31-14-30-18;/h2-9,12H,10-11,13-14H2,1H3,(H,27,29);1H/b9-7+;. The summed E-state index contributed by atoms with van der Waals surface area (Å²) in [5, 5.41) is 4.97. The molecule has 2 aliphatic heterocycles. The maximum absolute atomic E-state index is 12.9. The van der Waals surface area contributed by atoms with Crippen LogP contribution in [0.15, 0.2) is 48.5 Å². The molecule has 0 aliphatic carbocycles. The average molecular weight is 512 g/mol. The number of nitrogens with zero attached hydrogens (tertiary/aromatic N) is 2. The van der Waals surface area contributed by atoms with Gasteiger partial charge >= 0.3 is 0 Å². The molecule has 4 aromatic rings. The van der Waals surface area contributed by atoms with Gasteiger partial charge in [-0.05, 0) is 54.9 Å². The summed E-state index contributed by atoms with van der Waals surface area (Å²) in [6.07, 6.45) is 4.30. The summed E-state index contributed by atoms with van der Waals surface area (Å²) < 4.78 is 11.9. The summed E-state index contributed by atoms with van der Waals surface area (Å²) in [6, 6.07) is 13.8. The lowest BCUT2D eigenvalue weighted by Gasteiger charge is -2.22. The molecule has 0 saturated carbocycles. The van der Waals surface area contributed by atoms with Crippen molar-refractivity contribution >= 4 is 62.3 Å². The van der Waals surface area contributed by atoms with Crippen molar-refractivity contribution in [3.63, 3.8) is 0 Å². The summed E-state index contributed by atoms with van der Waals surface area (Å²) in [6.45, 7) is 2.12. The zero-order valence-corrected chi connectivity index (χ0v) is 20.8. The van der Waals surface area contributed by atoms with E-state index >= 15 is 0 Å². The van der Waals surface area contributed by atoms with E-state index in [1.54, 1.807) is 34.8 Å². The van der Waals surface area contributed by atoms with Crippen LogP contribution in [0.2, 0.25) is 0 Å². The molecule has 0 fully saturated rings. The van der Waals surface area contributed by atoms with Crippen LogP contribution in [0, 0.1) is 0 Å². The zero-order valence-electron chi connectivity index (χ0n) is 18.4. The van der Waals surface area contributed by atoms with Crippen molar-refractivity contribution in [2.45, 2.75) is 13.0 Å². The highest BCUT2D eigenvalue weighted by Crippen LogP contribution is 2.45. The number of aromatic nitrogens is 1. The van der Waals surface area contributed by atoms with Crippen molar-refractivity contribution in [1.29, 1.82) is 0 Å². The van der Waals surface area contributed by atoms with Gasteiger partial charge in [-0.15, -0.1) is 35.1 Å². The fourth-order valence-electron chi connectivity index (χ4n) is 4.17. The summed E-state index contributed by atoms with van der Waals surface area (Å²) in [4.78, 5) is 21.4. The molecule has 0 unspecified atom stereocenters. The minimum Gasteiger partial charge on any atom is -0.454 e. The Kier molecular flexibility index (Phi) is 6.31. The number of amides is 1. The predicted molar refractivity (Wildman–Crippen MR) is 140 cm³/mol. The minimum atomic E-state index is -0.165. The molecule has 174 valence electrons. The van der Waals surface area contributed by atoms with Gasteiger partial charge in [0.25, 0.3) is 0 Å². The lowest BCUT2D eigenvalue weighted by atomic mass is 10.0. The van der Waals surface area contributed by atoms with Gasteiger partial charge < -0.3 is 19.7 Å². The molecule has 2 aromatic carbocycles. The fraction of sp³-hybridized carbons (Fsp3) is 0.200. The van der Waals surface area contributed by atoms with E-state index in [2.05, 4.69) is 23.3 Å². The number of benzene rings is 2. The van der Waals surface area contributed by atoms with Crippen molar-refractivity contribution < 1.29 is 14.3 Å². The molecule has 6 rings (SSSR count). The van der Waals surface area contributed by atoms with Crippen LogP contribution < -0.4 is 14.8 Å². The molecule has 2 aliphatic rings. The van der Waals surface area contributed by atoms with Crippen LogP contribution in [0.1, 0.15) is 16.0 Å². The van der Waals surface area contributed by atoms with Gasteiger partial charge in [-0.25, -0.2) is 4.98 Å². The average Bonchev–Trinajstić information content (AvgIpc) is 3.52. The first-order valence-corrected chi connectivity index (χ1v) is 12.3. The highest BCUT2D eigenvalue weighted by molar-refractivity contribution is 7.23. The molecule has 0 spiro atoms. The van der Waals surface area contributed by atoms with Gasteiger partial charge in [0.1, 0.15) is 10.0 Å². The number of rotatable bonds is 4. The van der Waals surface area contributed by atoms with E-state index in [9.17, 15) is 4.79 Å². The topological polar surface area (TPSA) is 63.7 Å². The number of para-hydroxylation sites is 1. The highest BCUT2D eigenvalue weighted by Gasteiger charge is 2.26. The Morgan fingerprint density at radius 2 is 2.00 bits per heavy atom. The van der Waals surface area contributed by atoms with Crippen LogP contribution >= 0.6 is 35.1 Å². The molecule has 0 bridgehead atoms.